The van der Waals surface area contributed by atoms with E-state index < -0.39 is 0 Å². The summed E-state index contributed by atoms with van der Waals surface area (Å²) in [4.78, 5) is 0. The minimum atomic E-state index is 0.329. The molecule has 1 heteroatoms. The summed E-state index contributed by atoms with van der Waals surface area (Å²) in [5.41, 5.74) is 2.64. The van der Waals surface area contributed by atoms with Crippen molar-refractivity contribution >= 4 is 0 Å². The maximum Gasteiger partial charge on any atom is 0.115 e. The Morgan fingerprint density at radius 2 is 1.47 bits per heavy atom. The van der Waals surface area contributed by atoms with Crippen molar-refractivity contribution in [2.75, 3.05) is 0 Å². The zero-order valence-corrected chi connectivity index (χ0v) is 12.0. The molecule has 0 saturated carbocycles. The summed E-state index contributed by atoms with van der Waals surface area (Å²) in [5, 5.41) is 8.76. The second kappa shape index (κ2) is 9.21. The van der Waals surface area contributed by atoms with Gasteiger partial charge in [-0.3, -0.25) is 0 Å². The van der Waals surface area contributed by atoms with E-state index in [0.717, 1.165) is 0 Å². The largest absolute Gasteiger partial charge is 0.508 e. The Morgan fingerprint density at radius 1 is 0.842 bits per heavy atom. The number of benzene rings is 2. The van der Waals surface area contributed by atoms with E-state index in [1.807, 2.05) is 19.1 Å². The summed E-state index contributed by atoms with van der Waals surface area (Å²) in [5.74, 6) is 0.329. The molecule has 1 nitrogen and oxygen atoms in total. The van der Waals surface area contributed by atoms with Gasteiger partial charge >= 0.3 is 0 Å². The average molecular weight is 256 g/mol. The fourth-order valence-electron chi connectivity index (χ4n) is 1.77. The summed E-state index contributed by atoms with van der Waals surface area (Å²) < 4.78 is 0. The lowest BCUT2D eigenvalue weighted by molar-refractivity contribution is 0.475. The number of hydrogen-bond donors (Lipinski definition) is 1. The van der Waals surface area contributed by atoms with Gasteiger partial charge in [-0.15, -0.1) is 0 Å². The van der Waals surface area contributed by atoms with Crippen LogP contribution in [0.25, 0.3) is 0 Å². The molecule has 0 spiro atoms. The topological polar surface area (TPSA) is 20.2 Å². The molecule has 0 amide bonds. The van der Waals surface area contributed by atoms with E-state index in [-0.39, 0.29) is 0 Å². The van der Waals surface area contributed by atoms with Gasteiger partial charge in [-0.2, -0.15) is 0 Å². The van der Waals surface area contributed by atoms with Crippen LogP contribution in [0.3, 0.4) is 0 Å². The molecule has 2 aromatic rings. The van der Waals surface area contributed by atoms with Crippen molar-refractivity contribution in [3.63, 3.8) is 0 Å². The Labute approximate surface area is 116 Å². The third kappa shape index (κ3) is 7.30. The van der Waals surface area contributed by atoms with E-state index in [9.17, 15) is 0 Å². The third-order valence-corrected chi connectivity index (χ3v) is 2.95. The van der Waals surface area contributed by atoms with Crippen LogP contribution in [0, 0.1) is 6.92 Å². The highest BCUT2D eigenvalue weighted by Crippen LogP contribution is 2.07. The maximum atomic E-state index is 8.76. The van der Waals surface area contributed by atoms with Crippen LogP contribution in [0.5, 0.6) is 5.75 Å². The zero-order chi connectivity index (χ0) is 13.9. The highest BCUT2D eigenvalue weighted by molar-refractivity contribution is 5.24. The molecule has 0 unspecified atom stereocenters. The molecular formula is C18H24O. The summed E-state index contributed by atoms with van der Waals surface area (Å²) >= 11 is 0. The van der Waals surface area contributed by atoms with E-state index in [0.29, 0.717) is 5.75 Å². The number of rotatable bonds is 4. The van der Waals surface area contributed by atoms with Crippen molar-refractivity contribution in [2.24, 2.45) is 0 Å². The molecule has 19 heavy (non-hydrogen) atoms. The molecular weight excluding hydrogens is 232 g/mol. The van der Waals surface area contributed by atoms with Crippen LogP contribution in [0.4, 0.5) is 0 Å². The van der Waals surface area contributed by atoms with Gasteiger partial charge in [0, 0.05) is 0 Å². The number of unbranched alkanes of at least 4 members (excludes halogenated alkanes) is 2. The SMILES string of the molecule is CCCCCc1ccccc1.Cc1ccc(O)cc1. The lowest BCUT2D eigenvalue weighted by atomic mass is 10.1. The molecule has 102 valence electrons. The molecule has 2 rings (SSSR count). The first-order chi connectivity index (χ1) is 9.22. The summed E-state index contributed by atoms with van der Waals surface area (Å²) in [6.45, 7) is 4.23. The Morgan fingerprint density at radius 3 is 2.00 bits per heavy atom. The van der Waals surface area contributed by atoms with Crippen molar-refractivity contribution in [1.82, 2.24) is 0 Å². The van der Waals surface area contributed by atoms with Crippen LogP contribution in [0.15, 0.2) is 54.6 Å². The molecule has 0 bridgehead atoms. The van der Waals surface area contributed by atoms with Crippen LogP contribution in [0.2, 0.25) is 0 Å². The monoisotopic (exact) mass is 256 g/mol. The molecule has 0 aliphatic heterocycles. The van der Waals surface area contributed by atoms with Crippen LogP contribution in [-0.4, -0.2) is 5.11 Å². The zero-order valence-electron chi connectivity index (χ0n) is 12.0. The summed E-state index contributed by atoms with van der Waals surface area (Å²) in [6.07, 6.45) is 5.25. The van der Waals surface area contributed by atoms with Gasteiger partial charge in [0.05, 0.1) is 0 Å². The fourth-order valence-corrected chi connectivity index (χ4v) is 1.77. The van der Waals surface area contributed by atoms with Gasteiger partial charge in [0.25, 0.3) is 0 Å². The standard InChI is InChI=1S/C11H16.C7H8O/c1-2-3-5-8-11-9-6-4-7-10-11;1-6-2-4-7(8)5-3-6/h4,6-7,9-10H,2-3,5,8H2,1H3;2-5,8H,1H3. The molecule has 0 atom stereocenters. The lowest BCUT2D eigenvalue weighted by Gasteiger charge is -1.98. The van der Waals surface area contributed by atoms with Crippen molar-refractivity contribution in [1.29, 1.82) is 0 Å². The van der Waals surface area contributed by atoms with Crippen molar-refractivity contribution in [2.45, 2.75) is 39.5 Å². The van der Waals surface area contributed by atoms with Gasteiger partial charge in [-0.25, -0.2) is 0 Å². The van der Waals surface area contributed by atoms with Crippen molar-refractivity contribution < 1.29 is 5.11 Å². The first-order valence-corrected chi connectivity index (χ1v) is 7.02. The molecule has 0 saturated heterocycles. The molecule has 1 N–H and O–H groups in total. The molecule has 0 radical (unpaired) electrons. The summed E-state index contributed by atoms with van der Waals surface area (Å²) in [7, 11) is 0. The van der Waals surface area contributed by atoms with E-state index in [4.69, 9.17) is 5.11 Å². The Kier molecular flexibility index (Phi) is 7.41. The van der Waals surface area contributed by atoms with E-state index in [1.165, 1.54) is 36.8 Å². The normalized spacial score (nSPS) is 9.58. The Hall–Kier alpha value is -1.76. The molecule has 0 aromatic heterocycles. The highest BCUT2D eigenvalue weighted by atomic mass is 16.3. The minimum Gasteiger partial charge on any atom is -0.508 e. The Balaban J connectivity index is 0.000000200. The molecule has 0 heterocycles. The highest BCUT2D eigenvalue weighted by Gasteiger charge is 1.89. The van der Waals surface area contributed by atoms with Crippen molar-refractivity contribution in [3.8, 4) is 5.75 Å². The number of hydrogen-bond acceptors (Lipinski definition) is 1. The molecule has 0 aliphatic carbocycles. The smallest absolute Gasteiger partial charge is 0.115 e. The van der Waals surface area contributed by atoms with E-state index in [1.54, 1.807) is 12.1 Å². The first kappa shape index (κ1) is 15.3. The molecule has 2 aromatic carbocycles. The van der Waals surface area contributed by atoms with E-state index in [2.05, 4.69) is 37.3 Å². The second-order valence-electron chi connectivity index (χ2n) is 4.78. The lowest BCUT2D eigenvalue weighted by Crippen LogP contribution is -1.83. The van der Waals surface area contributed by atoms with Crippen LogP contribution in [0.1, 0.15) is 37.3 Å². The number of phenolic OH excluding ortho intramolecular Hbond substituents is 1. The second-order valence-corrected chi connectivity index (χ2v) is 4.78. The number of aryl methyl sites for hydroxylation is 2. The van der Waals surface area contributed by atoms with Crippen LogP contribution in [-0.2, 0) is 6.42 Å². The number of phenols is 1. The first-order valence-electron chi connectivity index (χ1n) is 7.02. The average Bonchev–Trinajstić information content (AvgIpc) is 2.44. The summed E-state index contributed by atoms with van der Waals surface area (Å²) in [6, 6.07) is 17.8. The quantitative estimate of drug-likeness (QED) is 0.753. The minimum absolute atomic E-state index is 0.329. The van der Waals surface area contributed by atoms with Gasteiger partial charge in [-0.05, 0) is 37.5 Å². The Bertz CT molecular complexity index is 410. The van der Waals surface area contributed by atoms with Crippen LogP contribution >= 0.6 is 0 Å². The fraction of sp³-hybridized carbons (Fsp3) is 0.333. The van der Waals surface area contributed by atoms with Crippen LogP contribution < -0.4 is 0 Å². The van der Waals surface area contributed by atoms with Gasteiger partial charge in [0.15, 0.2) is 0 Å². The predicted octanol–water partition coefficient (Wildman–Crippen LogP) is 5.12. The van der Waals surface area contributed by atoms with Gasteiger partial charge in [0.1, 0.15) is 5.75 Å². The van der Waals surface area contributed by atoms with Gasteiger partial charge < -0.3 is 5.11 Å². The molecule has 0 fully saturated rings. The maximum absolute atomic E-state index is 8.76. The predicted molar refractivity (Wildman–Crippen MR) is 82.5 cm³/mol. The van der Waals surface area contributed by atoms with Gasteiger partial charge in [-0.1, -0.05) is 67.8 Å². The third-order valence-electron chi connectivity index (χ3n) is 2.95. The van der Waals surface area contributed by atoms with E-state index >= 15 is 0 Å². The van der Waals surface area contributed by atoms with Crippen molar-refractivity contribution in [3.05, 3.63) is 65.7 Å². The number of aromatic hydroxyl groups is 1. The molecule has 0 aliphatic rings. The van der Waals surface area contributed by atoms with Gasteiger partial charge in [0.2, 0.25) is 0 Å².